The number of para-hydroxylation sites is 1. The molecule has 0 fully saturated rings. The third kappa shape index (κ3) is 4.25. The molecular formula is C12H19ClN4O. The van der Waals surface area contributed by atoms with Gasteiger partial charge >= 0.3 is 6.03 Å². The van der Waals surface area contributed by atoms with Crippen molar-refractivity contribution in [3.8, 4) is 0 Å². The minimum absolute atomic E-state index is 0. The summed E-state index contributed by atoms with van der Waals surface area (Å²) in [6, 6.07) is 5.53. The quantitative estimate of drug-likeness (QED) is 0.568. The first-order chi connectivity index (χ1) is 8.08. The highest BCUT2D eigenvalue weighted by molar-refractivity contribution is 6.02. The number of nitrogens with two attached hydrogens (primary N) is 1. The smallest absolute Gasteiger partial charge is 0.326 e. The summed E-state index contributed by atoms with van der Waals surface area (Å²) in [7, 11) is 1.51. The van der Waals surface area contributed by atoms with Crippen molar-refractivity contribution >= 4 is 30.1 Å². The van der Waals surface area contributed by atoms with Crippen LogP contribution in [0.5, 0.6) is 0 Å². The van der Waals surface area contributed by atoms with Crippen LogP contribution in [-0.2, 0) is 6.42 Å². The second kappa shape index (κ2) is 7.55. The van der Waals surface area contributed by atoms with Crippen molar-refractivity contribution in [2.45, 2.75) is 20.3 Å². The molecule has 1 aromatic rings. The van der Waals surface area contributed by atoms with Crippen LogP contribution in [0.25, 0.3) is 0 Å². The first-order valence-corrected chi connectivity index (χ1v) is 5.47. The molecule has 0 unspecified atom stereocenters. The Labute approximate surface area is 113 Å². The standard InChI is InChI=1S/C12H18N4O.ClH/c1-4-9-7-5-6-8(2)10(9)15-12(17)16-11(13)14-3;/h5-7H,4H2,1-3H3,(H4,13,14,15,16,17);1H. The first kappa shape index (κ1) is 16.2. The number of urea groups is 1. The molecule has 0 spiro atoms. The molecule has 0 aliphatic heterocycles. The topological polar surface area (TPSA) is 79.5 Å². The van der Waals surface area contributed by atoms with Crippen LogP contribution in [0.1, 0.15) is 18.1 Å². The predicted octanol–water partition coefficient (Wildman–Crippen LogP) is 2.05. The van der Waals surface area contributed by atoms with Gasteiger partial charge in [-0.15, -0.1) is 12.4 Å². The molecule has 18 heavy (non-hydrogen) atoms. The molecule has 0 aliphatic rings. The maximum Gasteiger partial charge on any atom is 0.326 e. The molecule has 0 aromatic heterocycles. The Bertz CT molecular complexity index is 446. The number of guanidine groups is 1. The average Bonchev–Trinajstić information content (AvgIpc) is 2.31. The number of hydrogen-bond donors (Lipinski definition) is 3. The van der Waals surface area contributed by atoms with E-state index in [1.807, 2.05) is 32.0 Å². The number of halogens is 1. The van der Waals surface area contributed by atoms with E-state index < -0.39 is 0 Å². The monoisotopic (exact) mass is 270 g/mol. The Kier molecular flexibility index (Phi) is 6.82. The van der Waals surface area contributed by atoms with Crippen LogP contribution in [-0.4, -0.2) is 19.0 Å². The number of carbonyl (C=O) groups excluding carboxylic acids is 1. The van der Waals surface area contributed by atoms with Crippen molar-refractivity contribution in [3.05, 3.63) is 29.3 Å². The van der Waals surface area contributed by atoms with Gasteiger partial charge in [-0.1, -0.05) is 25.1 Å². The zero-order valence-corrected chi connectivity index (χ0v) is 11.6. The number of hydrogen-bond acceptors (Lipinski definition) is 2. The molecule has 1 rings (SSSR count). The fourth-order valence-electron chi connectivity index (χ4n) is 1.52. The second-order valence-electron chi connectivity index (χ2n) is 3.65. The molecule has 0 bridgehead atoms. The van der Waals surface area contributed by atoms with E-state index in [1.165, 1.54) is 7.05 Å². The molecule has 0 heterocycles. The van der Waals surface area contributed by atoms with E-state index in [0.29, 0.717) is 0 Å². The lowest BCUT2D eigenvalue weighted by molar-refractivity contribution is 0.256. The highest BCUT2D eigenvalue weighted by Crippen LogP contribution is 2.20. The fourth-order valence-corrected chi connectivity index (χ4v) is 1.52. The number of anilines is 1. The van der Waals surface area contributed by atoms with E-state index in [4.69, 9.17) is 5.73 Å². The number of carbonyl (C=O) groups is 1. The van der Waals surface area contributed by atoms with Crippen LogP contribution in [0.4, 0.5) is 10.5 Å². The van der Waals surface area contributed by atoms with Gasteiger partial charge in [0.1, 0.15) is 0 Å². The number of amides is 2. The molecule has 0 atom stereocenters. The van der Waals surface area contributed by atoms with Crippen LogP contribution >= 0.6 is 12.4 Å². The normalized spacial score (nSPS) is 10.5. The Balaban J connectivity index is 0.00000289. The SMILES string of the molecule is CCc1cccc(C)c1NC(=O)NC(N)=NC.Cl. The number of benzene rings is 1. The maximum absolute atomic E-state index is 11.6. The van der Waals surface area contributed by atoms with E-state index in [2.05, 4.69) is 15.6 Å². The molecule has 0 saturated heterocycles. The molecule has 0 aliphatic carbocycles. The van der Waals surface area contributed by atoms with Crippen LogP contribution < -0.4 is 16.4 Å². The first-order valence-electron chi connectivity index (χ1n) is 5.47. The van der Waals surface area contributed by atoms with Gasteiger partial charge in [0.25, 0.3) is 0 Å². The molecule has 0 radical (unpaired) electrons. The molecule has 6 heteroatoms. The van der Waals surface area contributed by atoms with E-state index in [0.717, 1.165) is 23.2 Å². The lowest BCUT2D eigenvalue weighted by atomic mass is 10.1. The van der Waals surface area contributed by atoms with Crippen LogP contribution in [0, 0.1) is 6.92 Å². The lowest BCUT2D eigenvalue weighted by Gasteiger charge is -2.13. The fraction of sp³-hybridized carbons (Fsp3) is 0.333. The van der Waals surface area contributed by atoms with Crippen molar-refractivity contribution in [1.82, 2.24) is 5.32 Å². The van der Waals surface area contributed by atoms with Gasteiger partial charge < -0.3 is 11.1 Å². The summed E-state index contributed by atoms with van der Waals surface area (Å²) in [5, 5.41) is 5.22. The van der Waals surface area contributed by atoms with Crippen LogP contribution in [0.2, 0.25) is 0 Å². The van der Waals surface area contributed by atoms with Gasteiger partial charge in [0.05, 0.1) is 0 Å². The van der Waals surface area contributed by atoms with Crippen molar-refractivity contribution < 1.29 is 4.79 Å². The van der Waals surface area contributed by atoms with Gasteiger partial charge in [0.2, 0.25) is 0 Å². The summed E-state index contributed by atoms with van der Waals surface area (Å²) >= 11 is 0. The van der Waals surface area contributed by atoms with E-state index in [9.17, 15) is 4.79 Å². The molecule has 4 N–H and O–H groups in total. The number of rotatable bonds is 2. The summed E-state index contributed by atoms with van der Waals surface area (Å²) < 4.78 is 0. The zero-order valence-electron chi connectivity index (χ0n) is 10.8. The number of aryl methyl sites for hydroxylation is 2. The number of aliphatic imine (C=N–C) groups is 1. The molecule has 2 amide bonds. The third-order valence-electron chi connectivity index (χ3n) is 2.46. The van der Waals surface area contributed by atoms with Crippen LogP contribution in [0.3, 0.4) is 0 Å². The number of nitrogens with zero attached hydrogens (tertiary/aromatic N) is 1. The van der Waals surface area contributed by atoms with Gasteiger partial charge in [-0.3, -0.25) is 10.3 Å². The van der Waals surface area contributed by atoms with E-state index in [-0.39, 0.29) is 24.4 Å². The molecule has 1 aromatic carbocycles. The molecule has 5 nitrogen and oxygen atoms in total. The van der Waals surface area contributed by atoms with Gasteiger partial charge in [-0.05, 0) is 24.5 Å². The zero-order chi connectivity index (χ0) is 12.8. The lowest BCUT2D eigenvalue weighted by Crippen LogP contribution is -2.39. The molecule has 100 valence electrons. The van der Waals surface area contributed by atoms with Gasteiger partial charge in [-0.2, -0.15) is 0 Å². The minimum atomic E-state index is -0.378. The minimum Gasteiger partial charge on any atom is -0.370 e. The predicted molar refractivity (Wildman–Crippen MR) is 77.5 cm³/mol. The average molecular weight is 271 g/mol. The summed E-state index contributed by atoms with van der Waals surface area (Å²) in [6.45, 7) is 3.99. The summed E-state index contributed by atoms with van der Waals surface area (Å²) in [4.78, 5) is 15.3. The maximum atomic E-state index is 11.6. The van der Waals surface area contributed by atoms with Crippen molar-refractivity contribution in [1.29, 1.82) is 0 Å². The Morgan fingerprint density at radius 3 is 2.67 bits per heavy atom. The van der Waals surface area contributed by atoms with Gasteiger partial charge in [-0.25, -0.2) is 4.79 Å². The third-order valence-corrected chi connectivity index (χ3v) is 2.46. The van der Waals surface area contributed by atoms with Crippen molar-refractivity contribution in [3.63, 3.8) is 0 Å². The largest absolute Gasteiger partial charge is 0.370 e. The Morgan fingerprint density at radius 1 is 1.44 bits per heavy atom. The summed E-state index contributed by atoms with van der Waals surface area (Å²) in [5.74, 6) is 0.0918. The summed E-state index contributed by atoms with van der Waals surface area (Å²) in [5.41, 5.74) is 8.35. The number of nitrogens with one attached hydrogen (secondary N) is 2. The van der Waals surface area contributed by atoms with Gasteiger partial charge in [0.15, 0.2) is 5.96 Å². The van der Waals surface area contributed by atoms with Crippen molar-refractivity contribution in [2.75, 3.05) is 12.4 Å². The second-order valence-corrected chi connectivity index (χ2v) is 3.65. The highest BCUT2D eigenvalue weighted by atomic mass is 35.5. The van der Waals surface area contributed by atoms with Crippen LogP contribution in [0.15, 0.2) is 23.2 Å². The Hall–Kier alpha value is -1.75. The Morgan fingerprint density at radius 2 is 2.11 bits per heavy atom. The van der Waals surface area contributed by atoms with E-state index >= 15 is 0 Å². The highest BCUT2D eigenvalue weighted by Gasteiger charge is 2.08. The van der Waals surface area contributed by atoms with Gasteiger partial charge in [0, 0.05) is 12.7 Å². The van der Waals surface area contributed by atoms with Crippen molar-refractivity contribution in [2.24, 2.45) is 10.7 Å². The summed E-state index contributed by atoms with van der Waals surface area (Å²) in [6.07, 6.45) is 0.856. The molecular weight excluding hydrogens is 252 g/mol. The molecule has 0 saturated carbocycles. The van der Waals surface area contributed by atoms with E-state index in [1.54, 1.807) is 0 Å².